The summed E-state index contributed by atoms with van der Waals surface area (Å²) < 4.78 is 18.4. The third-order valence-electron chi connectivity index (χ3n) is 6.07. The quantitative estimate of drug-likeness (QED) is 0.603. The van der Waals surface area contributed by atoms with Gasteiger partial charge in [-0.05, 0) is 55.5 Å². The lowest BCUT2D eigenvalue weighted by Gasteiger charge is -2.31. The minimum absolute atomic E-state index is 0.138. The maximum Gasteiger partial charge on any atom is 0.312 e. The maximum atomic E-state index is 12.4. The second-order valence-electron chi connectivity index (χ2n) is 7.71. The lowest BCUT2D eigenvalue weighted by molar-refractivity contribution is -0.145. The van der Waals surface area contributed by atoms with Crippen molar-refractivity contribution in [3.63, 3.8) is 0 Å². The molecule has 2 aromatic carbocycles. The van der Waals surface area contributed by atoms with Crippen molar-refractivity contribution in [3.05, 3.63) is 62.6 Å². The van der Waals surface area contributed by atoms with Crippen LogP contribution >= 0.6 is 15.9 Å². The van der Waals surface area contributed by atoms with E-state index in [0.717, 1.165) is 39.8 Å². The topological polar surface area (TPSA) is 44.8 Å². The summed E-state index contributed by atoms with van der Waals surface area (Å²) in [6.45, 7) is 5.10. The number of aryl methyl sites for hydroxylation is 1. The highest BCUT2D eigenvalue weighted by Gasteiger charge is 2.48. The summed E-state index contributed by atoms with van der Waals surface area (Å²) in [7, 11) is 1.64. The predicted octanol–water partition coefficient (Wildman–Crippen LogP) is 5.07. The Morgan fingerprint density at radius 2 is 2.04 bits per heavy atom. The van der Waals surface area contributed by atoms with Gasteiger partial charge in [0.25, 0.3) is 0 Å². The Kier molecular flexibility index (Phi) is 5.48. The zero-order valence-corrected chi connectivity index (χ0v) is 18.0. The van der Waals surface area contributed by atoms with E-state index in [4.69, 9.17) is 14.2 Å². The van der Waals surface area contributed by atoms with Crippen LogP contribution in [-0.2, 0) is 27.3 Å². The van der Waals surface area contributed by atoms with Gasteiger partial charge in [0, 0.05) is 28.6 Å². The van der Waals surface area contributed by atoms with Crippen LogP contribution in [-0.4, -0.2) is 19.7 Å². The molecule has 1 unspecified atom stereocenters. The molecule has 28 heavy (non-hydrogen) atoms. The van der Waals surface area contributed by atoms with Gasteiger partial charge in [-0.3, -0.25) is 4.79 Å². The molecular formula is C23H25BrO4. The fraction of sp³-hybridized carbons (Fsp3) is 0.435. The predicted molar refractivity (Wildman–Crippen MR) is 110 cm³/mol. The zero-order chi connectivity index (χ0) is 19.8. The van der Waals surface area contributed by atoms with Gasteiger partial charge < -0.3 is 14.2 Å². The van der Waals surface area contributed by atoms with Crippen LogP contribution in [0.4, 0.5) is 0 Å². The van der Waals surface area contributed by atoms with E-state index >= 15 is 0 Å². The van der Waals surface area contributed by atoms with E-state index in [0.29, 0.717) is 13.2 Å². The molecule has 148 valence electrons. The highest BCUT2D eigenvalue weighted by molar-refractivity contribution is 9.10. The molecule has 3 atom stereocenters. The van der Waals surface area contributed by atoms with Crippen molar-refractivity contribution < 1.29 is 19.0 Å². The van der Waals surface area contributed by atoms with Gasteiger partial charge in [-0.1, -0.05) is 34.1 Å². The minimum atomic E-state index is -0.192. The highest BCUT2D eigenvalue weighted by atomic mass is 79.9. The van der Waals surface area contributed by atoms with Crippen LogP contribution in [0.1, 0.15) is 40.3 Å². The van der Waals surface area contributed by atoms with E-state index < -0.39 is 0 Å². The molecule has 4 rings (SSSR count). The summed E-state index contributed by atoms with van der Waals surface area (Å²) in [5.74, 6) is 0.726. The second-order valence-corrected chi connectivity index (χ2v) is 8.57. The van der Waals surface area contributed by atoms with Crippen molar-refractivity contribution in [1.82, 2.24) is 0 Å². The first-order chi connectivity index (χ1) is 13.5. The molecule has 0 bridgehead atoms. The van der Waals surface area contributed by atoms with Gasteiger partial charge in [-0.15, -0.1) is 0 Å². The Balaban J connectivity index is 1.66. The zero-order valence-electron chi connectivity index (χ0n) is 16.5. The number of hydrogen-bond acceptors (Lipinski definition) is 4. The standard InChI is InChI=1S/C23H25BrO4/c1-13-10-20(27-11-15-6-4-5-7-19(15)24)14(2)21-16(13)8-9-17-18(12-26-3)23(25)28-22(17)21/h4-7,10,17-18,22H,8-9,11-12H2,1-3H3/t17-,18?,22+/m0/s1. The number of benzene rings is 2. The number of rotatable bonds is 5. The van der Waals surface area contributed by atoms with E-state index in [1.54, 1.807) is 7.11 Å². The normalized spacial score (nSPS) is 23.1. The summed E-state index contributed by atoms with van der Waals surface area (Å²) in [5, 5.41) is 0. The van der Waals surface area contributed by atoms with Gasteiger partial charge in [-0.25, -0.2) is 0 Å². The lowest BCUT2D eigenvalue weighted by atomic mass is 9.74. The lowest BCUT2D eigenvalue weighted by Crippen LogP contribution is -2.26. The Hall–Kier alpha value is -1.85. The fourth-order valence-electron chi connectivity index (χ4n) is 4.59. The molecule has 5 heteroatoms. The van der Waals surface area contributed by atoms with Gasteiger partial charge >= 0.3 is 5.97 Å². The van der Waals surface area contributed by atoms with Gasteiger partial charge in [-0.2, -0.15) is 0 Å². The molecule has 1 fully saturated rings. The number of carbonyl (C=O) groups excluding carboxylic acids is 1. The molecule has 1 saturated heterocycles. The number of methoxy groups -OCH3 is 1. The van der Waals surface area contributed by atoms with Crippen molar-refractivity contribution in [3.8, 4) is 5.75 Å². The highest BCUT2D eigenvalue weighted by Crippen LogP contribution is 2.50. The monoisotopic (exact) mass is 444 g/mol. The van der Waals surface area contributed by atoms with Crippen LogP contribution in [0.2, 0.25) is 0 Å². The third-order valence-corrected chi connectivity index (χ3v) is 6.85. The average Bonchev–Trinajstić information content (AvgIpc) is 3.00. The minimum Gasteiger partial charge on any atom is -0.489 e. The molecule has 0 aromatic heterocycles. The summed E-state index contributed by atoms with van der Waals surface area (Å²) in [6, 6.07) is 10.2. The Bertz CT molecular complexity index is 908. The number of halogens is 1. The van der Waals surface area contributed by atoms with Gasteiger partial charge in [0.15, 0.2) is 0 Å². The van der Waals surface area contributed by atoms with Crippen LogP contribution in [0.15, 0.2) is 34.8 Å². The molecule has 1 heterocycles. The summed E-state index contributed by atoms with van der Waals surface area (Å²) in [4.78, 5) is 12.4. The SMILES string of the molecule is COCC1C(=O)O[C@H]2c3c(C)c(OCc4ccccc4Br)cc(C)c3CC[C@@H]12. The molecule has 0 N–H and O–H groups in total. The molecule has 1 aliphatic carbocycles. The van der Waals surface area contributed by atoms with Crippen molar-refractivity contribution in [2.45, 2.75) is 39.4 Å². The number of fused-ring (bicyclic) bond motifs is 3. The van der Waals surface area contributed by atoms with E-state index in [1.807, 2.05) is 18.2 Å². The first-order valence-corrected chi connectivity index (χ1v) is 10.5. The average molecular weight is 445 g/mol. The maximum absolute atomic E-state index is 12.4. The third kappa shape index (κ3) is 3.35. The van der Waals surface area contributed by atoms with Crippen LogP contribution in [0.3, 0.4) is 0 Å². The number of esters is 1. The van der Waals surface area contributed by atoms with Crippen LogP contribution in [0.25, 0.3) is 0 Å². The van der Waals surface area contributed by atoms with E-state index in [-0.39, 0.29) is 23.9 Å². The van der Waals surface area contributed by atoms with E-state index in [9.17, 15) is 4.79 Å². The molecular weight excluding hydrogens is 420 g/mol. The van der Waals surface area contributed by atoms with Gasteiger partial charge in [0.2, 0.25) is 0 Å². The van der Waals surface area contributed by atoms with Gasteiger partial charge in [0.05, 0.1) is 12.5 Å². The number of ether oxygens (including phenoxy) is 3. The second kappa shape index (κ2) is 7.88. The molecule has 0 amide bonds. The molecule has 0 radical (unpaired) electrons. The largest absolute Gasteiger partial charge is 0.489 e. The smallest absolute Gasteiger partial charge is 0.312 e. The molecule has 0 spiro atoms. The number of hydrogen-bond donors (Lipinski definition) is 0. The summed E-state index contributed by atoms with van der Waals surface area (Å²) >= 11 is 3.58. The Labute approximate surface area is 174 Å². The Morgan fingerprint density at radius 1 is 1.25 bits per heavy atom. The summed E-state index contributed by atoms with van der Waals surface area (Å²) in [5.41, 5.74) is 5.83. The molecule has 1 aliphatic heterocycles. The van der Waals surface area contributed by atoms with Crippen molar-refractivity contribution in [2.24, 2.45) is 11.8 Å². The van der Waals surface area contributed by atoms with Crippen molar-refractivity contribution >= 4 is 21.9 Å². The van der Waals surface area contributed by atoms with E-state index in [1.165, 1.54) is 11.1 Å². The Morgan fingerprint density at radius 3 is 2.79 bits per heavy atom. The van der Waals surface area contributed by atoms with Crippen LogP contribution < -0.4 is 4.74 Å². The fourth-order valence-corrected chi connectivity index (χ4v) is 4.99. The first kappa shape index (κ1) is 19.5. The molecule has 4 nitrogen and oxygen atoms in total. The molecule has 0 saturated carbocycles. The van der Waals surface area contributed by atoms with E-state index in [2.05, 4.69) is 41.9 Å². The van der Waals surface area contributed by atoms with Crippen molar-refractivity contribution in [2.75, 3.05) is 13.7 Å². The van der Waals surface area contributed by atoms with Gasteiger partial charge in [0.1, 0.15) is 18.5 Å². The van der Waals surface area contributed by atoms with Crippen LogP contribution in [0, 0.1) is 25.7 Å². The summed E-state index contributed by atoms with van der Waals surface area (Å²) in [6.07, 6.45) is 1.72. The molecule has 2 aliphatic rings. The number of carbonyl (C=O) groups is 1. The first-order valence-electron chi connectivity index (χ1n) is 9.69. The van der Waals surface area contributed by atoms with Crippen LogP contribution in [0.5, 0.6) is 5.75 Å². The van der Waals surface area contributed by atoms with Crippen molar-refractivity contribution in [1.29, 1.82) is 0 Å². The molecule has 2 aromatic rings.